The van der Waals surface area contributed by atoms with Crippen LogP contribution >= 0.6 is 0 Å². The van der Waals surface area contributed by atoms with E-state index in [4.69, 9.17) is 4.74 Å². The molecule has 0 rings (SSSR count). The summed E-state index contributed by atoms with van der Waals surface area (Å²) in [6.07, 6.45) is 0.815. The highest BCUT2D eigenvalue weighted by atomic mass is 16.5. The van der Waals surface area contributed by atoms with Crippen molar-refractivity contribution in [3.8, 4) is 11.8 Å². The molecule has 0 saturated carbocycles. The predicted molar refractivity (Wildman–Crippen MR) is 52.6 cm³/mol. The van der Waals surface area contributed by atoms with Crippen LogP contribution in [0.3, 0.4) is 0 Å². The maximum Gasteiger partial charge on any atom is 0.319 e. The lowest BCUT2D eigenvalue weighted by molar-refractivity contribution is -0.142. The minimum atomic E-state index is -0.295. The molecule has 0 aromatic rings. The van der Waals surface area contributed by atoms with Gasteiger partial charge in [-0.15, -0.1) is 0 Å². The van der Waals surface area contributed by atoms with Crippen LogP contribution in [0, 0.1) is 11.8 Å². The molecule has 0 aliphatic rings. The number of esters is 1. The molecule has 0 radical (unpaired) electrons. The lowest BCUT2D eigenvalue weighted by atomic mass is 10.4. The van der Waals surface area contributed by atoms with E-state index < -0.39 is 0 Å². The topological polar surface area (TPSA) is 55.4 Å². The van der Waals surface area contributed by atoms with E-state index in [0.717, 1.165) is 6.42 Å². The third-order valence-corrected chi connectivity index (χ3v) is 1.21. The Morgan fingerprint density at radius 1 is 1.43 bits per heavy atom. The minimum Gasteiger partial charge on any atom is -0.465 e. The van der Waals surface area contributed by atoms with Crippen LogP contribution in [0.15, 0.2) is 0 Å². The molecule has 0 aromatic carbocycles. The molecule has 4 nitrogen and oxygen atoms in total. The van der Waals surface area contributed by atoms with Crippen LogP contribution in [0.2, 0.25) is 0 Å². The van der Waals surface area contributed by atoms with Gasteiger partial charge in [0.05, 0.1) is 19.7 Å². The number of rotatable bonds is 5. The zero-order valence-corrected chi connectivity index (χ0v) is 8.55. The van der Waals surface area contributed by atoms with Gasteiger partial charge in [-0.05, 0) is 12.3 Å². The smallest absolute Gasteiger partial charge is 0.319 e. The Balaban J connectivity index is 3.41. The van der Waals surface area contributed by atoms with Gasteiger partial charge in [0.1, 0.15) is 0 Å². The van der Waals surface area contributed by atoms with Gasteiger partial charge in [0.2, 0.25) is 5.78 Å². The number of ether oxygens (including phenoxy) is 1. The average Bonchev–Trinajstić information content (AvgIpc) is 2.13. The minimum absolute atomic E-state index is 0.132. The Kier molecular flexibility index (Phi) is 7.48. The van der Waals surface area contributed by atoms with Crippen LogP contribution in [0.1, 0.15) is 20.3 Å². The Morgan fingerprint density at radius 2 is 2.14 bits per heavy atom. The molecule has 0 atom stereocenters. The van der Waals surface area contributed by atoms with Gasteiger partial charge in [-0.25, -0.2) is 0 Å². The van der Waals surface area contributed by atoms with Crippen molar-refractivity contribution in [3.05, 3.63) is 0 Å². The number of carbonyl (C=O) groups excluding carboxylic acids is 2. The first-order valence-corrected chi connectivity index (χ1v) is 4.52. The first kappa shape index (κ1) is 12.7. The van der Waals surface area contributed by atoms with E-state index in [1.165, 1.54) is 6.92 Å². The number of nitrogens with one attached hydrogen (secondary N) is 1. The second-order valence-corrected chi connectivity index (χ2v) is 2.68. The maximum absolute atomic E-state index is 10.9. The predicted octanol–water partition coefficient (Wildman–Crippen LogP) is 0.122. The van der Waals surface area contributed by atoms with E-state index in [9.17, 15) is 9.59 Å². The summed E-state index contributed by atoms with van der Waals surface area (Å²) in [5.74, 6) is 4.46. The monoisotopic (exact) mass is 197 g/mol. The fourth-order valence-electron chi connectivity index (χ4n) is 0.663. The second-order valence-electron chi connectivity index (χ2n) is 2.68. The van der Waals surface area contributed by atoms with Crippen LogP contribution in [0.4, 0.5) is 0 Å². The third kappa shape index (κ3) is 8.75. The highest BCUT2D eigenvalue weighted by Crippen LogP contribution is 1.80. The lowest BCUT2D eigenvalue weighted by Crippen LogP contribution is -2.25. The van der Waals surface area contributed by atoms with Crippen molar-refractivity contribution in [2.45, 2.75) is 20.3 Å². The first-order chi connectivity index (χ1) is 6.66. The molecule has 0 amide bonds. The highest BCUT2D eigenvalue weighted by molar-refractivity contribution is 5.93. The van der Waals surface area contributed by atoms with E-state index in [1.807, 2.05) is 6.92 Å². The molecule has 0 aliphatic carbocycles. The van der Waals surface area contributed by atoms with E-state index in [2.05, 4.69) is 17.2 Å². The van der Waals surface area contributed by atoms with Gasteiger partial charge >= 0.3 is 5.97 Å². The van der Waals surface area contributed by atoms with Gasteiger partial charge in [-0.3, -0.25) is 14.9 Å². The second kappa shape index (κ2) is 8.27. The number of ketones is 1. The largest absolute Gasteiger partial charge is 0.465 e. The van der Waals surface area contributed by atoms with E-state index in [0.29, 0.717) is 13.2 Å². The maximum atomic E-state index is 10.9. The van der Waals surface area contributed by atoms with Gasteiger partial charge < -0.3 is 4.74 Å². The van der Waals surface area contributed by atoms with Gasteiger partial charge in [-0.1, -0.05) is 12.8 Å². The number of Topliss-reactive ketones (excluding diaryl/α,β-unsaturated/α-hetero) is 1. The summed E-state index contributed by atoms with van der Waals surface area (Å²) in [4.78, 5) is 21.3. The summed E-state index contributed by atoms with van der Waals surface area (Å²) in [5, 5.41) is 2.75. The summed E-state index contributed by atoms with van der Waals surface area (Å²) in [5.41, 5.74) is 0. The first-order valence-electron chi connectivity index (χ1n) is 4.52. The lowest BCUT2D eigenvalue weighted by Gasteiger charge is -2.01. The van der Waals surface area contributed by atoms with Gasteiger partial charge in [-0.2, -0.15) is 0 Å². The number of hydrogen-bond donors (Lipinski definition) is 1. The van der Waals surface area contributed by atoms with Crippen LogP contribution in [0.5, 0.6) is 0 Å². The van der Waals surface area contributed by atoms with Crippen molar-refractivity contribution in [2.24, 2.45) is 0 Å². The van der Waals surface area contributed by atoms with Crippen molar-refractivity contribution < 1.29 is 14.3 Å². The molecular weight excluding hydrogens is 182 g/mol. The van der Waals surface area contributed by atoms with Crippen molar-refractivity contribution in [1.82, 2.24) is 5.32 Å². The van der Waals surface area contributed by atoms with Crippen LogP contribution in [0.25, 0.3) is 0 Å². The molecule has 0 bridgehead atoms. The van der Waals surface area contributed by atoms with Gasteiger partial charge in [0, 0.05) is 6.92 Å². The molecule has 0 saturated heterocycles. The van der Waals surface area contributed by atoms with Crippen LogP contribution in [-0.2, 0) is 14.3 Å². The highest BCUT2D eigenvalue weighted by Gasteiger charge is 1.98. The van der Waals surface area contributed by atoms with Crippen LogP contribution < -0.4 is 5.32 Å². The molecule has 0 spiro atoms. The Morgan fingerprint density at radius 3 is 2.71 bits per heavy atom. The zero-order chi connectivity index (χ0) is 10.8. The Hall–Kier alpha value is -1.34. The molecule has 1 N–H and O–H groups in total. The SMILES string of the molecule is CCCOC(=O)CNCC#CC(C)=O. The molecule has 0 aliphatic heterocycles. The Bertz CT molecular complexity index is 250. The standard InChI is InChI=1S/C10H15NO3/c1-3-7-14-10(13)8-11-6-4-5-9(2)12/h11H,3,6-8H2,1-2H3. The number of carbonyl (C=O) groups is 2. The normalized spacial score (nSPS) is 8.71. The van der Waals surface area contributed by atoms with Gasteiger partial charge in [0.15, 0.2) is 0 Å². The summed E-state index contributed by atoms with van der Waals surface area (Å²) < 4.78 is 4.80. The van der Waals surface area contributed by atoms with Gasteiger partial charge in [0.25, 0.3) is 0 Å². The van der Waals surface area contributed by atoms with Crippen molar-refractivity contribution in [2.75, 3.05) is 19.7 Å². The quantitative estimate of drug-likeness (QED) is 0.294. The molecule has 0 fully saturated rings. The summed E-state index contributed by atoms with van der Waals surface area (Å²) in [6.45, 7) is 4.22. The summed E-state index contributed by atoms with van der Waals surface area (Å²) >= 11 is 0. The Labute approximate surface area is 84.0 Å². The molecule has 0 aromatic heterocycles. The fourth-order valence-corrected chi connectivity index (χ4v) is 0.663. The molecule has 14 heavy (non-hydrogen) atoms. The van der Waals surface area contributed by atoms with Crippen molar-refractivity contribution >= 4 is 11.8 Å². The molecular formula is C10H15NO3. The zero-order valence-electron chi connectivity index (χ0n) is 8.55. The summed E-state index contributed by atoms with van der Waals surface area (Å²) in [6, 6.07) is 0. The van der Waals surface area contributed by atoms with Crippen molar-refractivity contribution in [3.63, 3.8) is 0 Å². The van der Waals surface area contributed by atoms with E-state index in [1.54, 1.807) is 0 Å². The molecule has 78 valence electrons. The third-order valence-electron chi connectivity index (χ3n) is 1.21. The van der Waals surface area contributed by atoms with E-state index in [-0.39, 0.29) is 18.3 Å². The molecule has 0 unspecified atom stereocenters. The summed E-state index contributed by atoms with van der Waals surface area (Å²) in [7, 11) is 0. The fraction of sp³-hybridized carbons (Fsp3) is 0.600. The average molecular weight is 197 g/mol. The van der Waals surface area contributed by atoms with E-state index >= 15 is 0 Å². The number of hydrogen-bond acceptors (Lipinski definition) is 4. The molecule has 0 heterocycles. The van der Waals surface area contributed by atoms with Crippen LogP contribution in [-0.4, -0.2) is 31.4 Å². The molecule has 4 heteroatoms. The van der Waals surface area contributed by atoms with Crippen molar-refractivity contribution in [1.29, 1.82) is 0 Å².